The van der Waals surface area contributed by atoms with Crippen molar-refractivity contribution in [3.8, 4) is 0 Å². The number of carbonyl (C=O) groups excluding carboxylic acids is 1. The minimum absolute atomic E-state index is 0.00694. The standard InChI is InChI=1S/C19H22N6O/c1-3-25-14(2)12-17(22-25)19(26)24-10-8-23(9-11-24)18-15-6-4-5-7-16(15)20-13-21-18/h4-7,12-13H,3,8-11H2,1-2H3. The normalized spacial score (nSPS) is 14.8. The first kappa shape index (κ1) is 16.5. The van der Waals surface area contributed by atoms with Crippen LogP contribution in [0.4, 0.5) is 5.82 Å². The molecule has 0 radical (unpaired) electrons. The maximum atomic E-state index is 12.7. The molecule has 1 aliphatic heterocycles. The van der Waals surface area contributed by atoms with Crippen LogP contribution in [0.15, 0.2) is 36.7 Å². The van der Waals surface area contributed by atoms with E-state index in [2.05, 4.69) is 20.0 Å². The van der Waals surface area contributed by atoms with Gasteiger partial charge in [-0.2, -0.15) is 5.10 Å². The zero-order valence-corrected chi connectivity index (χ0v) is 15.1. The van der Waals surface area contributed by atoms with Crippen molar-refractivity contribution >= 4 is 22.6 Å². The highest BCUT2D eigenvalue weighted by molar-refractivity contribution is 5.93. The molecule has 7 heteroatoms. The van der Waals surface area contributed by atoms with Crippen molar-refractivity contribution in [1.82, 2.24) is 24.6 Å². The zero-order valence-electron chi connectivity index (χ0n) is 15.1. The Balaban J connectivity index is 1.49. The Bertz CT molecular complexity index is 937. The quantitative estimate of drug-likeness (QED) is 0.724. The van der Waals surface area contributed by atoms with Gasteiger partial charge in [0, 0.05) is 43.8 Å². The summed E-state index contributed by atoms with van der Waals surface area (Å²) in [6.45, 7) is 7.60. The first-order valence-corrected chi connectivity index (χ1v) is 8.96. The predicted octanol–water partition coefficient (Wildman–Crippen LogP) is 2.12. The van der Waals surface area contributed by atoms with E-state index in [1.54, 1.807) is 6.33 Å². The molecule has 26 heavy (non-hydrogen) atoms. The Morgan fingerprint density at radius 1 is 1.12 bits per heavy atom. The molecular weight excluding hydrogens is 328 g/mol. The first-order chi connectivity index (χ1) is 12.7. The Morgan fingerprint density at radius 2 is 1.88 bits per heavy atom. The van der Waals surface area contributed by atoms with Gasteiger partial charge in [-0.3, -0.25) is 9.48 Å². The monoisotopic (exact) mass is 350 g/mol. The fourth-order valence-corrected chi connectivity index (χ4v) is 3.46. The van der Waals surface area contributed by atoms with Crippen LogP contribution in [0.25, 0.3) is 10.9 Å². The summed E-state index contributed by atoms with van der Waals surface area (Å²) in [6.07, 6.45) is 1.61. The van der Waals surface area contributed by atoms with E-state index in [-0.39, 0.29) is 5.91 Å². The lowest BCUT2D eigenvalue weighted by atomic mass is 10.2. The lowest BCUT2D eigenvalue weighted by Gasteiger charge is -2.35. The molecule has 3 aromatic rings. The number of rotatable bonds is 3. The summed E-state index contributed by atoms with van der Waals surface area (Å²) in [5.41, 5.74) is 2.49. The number of para-hydroxylation sites is 1. The Morgan fingerprint density at radius 3 is 2.62 bits per heavy atom. The second-order valence-electron chi connectivity index (χ2n) is 6.48. The number of aryl methyl sites for hydroxylation is 2. The minimum atomic E-state index is 0.00694. The fourth-order valence-electron chi connectivity index (χ4n) is 3.46. The molecule has 1 aliphatic rings. The summed E-state index contributed by atoms with van der Waals surface area (Å²) in [5, 5.41) is 5.46. The highest BCUT2D eigenvalue weighted by Crippen LogP contribution is 2.23. The highest BCUT2D eigenvalue weighted by Gasteiger charge is 2.25. The molecule has 0 spiro atoms. The molecule has 7 nitrogen and oxygen atoms in total. The average Bonchev–Trinajstić information content (AvgIpc) is 3.08. The van der Waals surface area contributed by atoms with Crippen LogP contribution >= 0.6 is 0 Å². The summed E-state index contributed by atoms with van der Waals surface area (Å²) < 4.78 is 1.86. The summed E-state index contributed by atoms with van der Waals surface area (Å²) in [7, 11) is 0. The second kappa shape index (κ2) is 6.74. The molecule has 0 atom stereocenters. The van der Waals surface area contributed by atoms with E-state index < -0.39 is 0 Å². The van der Waals surface area contributed by atoms with Crippen molar-refractivity contribution in [1.29, 1.82) is 0 Å². The fraction of sp³-hybridized carbons (Fsp3) is 0.368. The van der Waals surface area contributed by atoms with Gasteiger partial charge < -0.3 is 9.80 Å². The molecule has 4 rings (SSSR count). The van der Waals surface area contributed by atoms with Crippen LogP contribution < -0.4 is 4.90 Å². The van der Waals surface area contributed by atoms with Crippen LogP contribution in [0.1, 0.15) is 23.1 Å². The SMILES string of the molecule is CCn1nc(C(=O)N2CCN(c3ncnc4ccccc34)CC2)cc1C. The minimum Gasteiger partial charge on any atom is -0.352 e. The van der Waals surface area contributed by atoms with Crippen LogP contribution in [0.3, 0.4) is 0 Å². The van der Waals surface area contributed by atoms with Crippen molar-refractivity contribution in [2.24, 2.45) is 0 Å². The summed E-state index contributed by atoms with van der Waals surface area (Å²) in [5.74, 6) is 0.946. The van der Waals surface area contributed by atoms with E-state index in [9.17, 15) is 4.79 Å². The van der Waals surface area contributed by atoms with Gasteiger partial charge in [0.05, 0.1) is 5.52 Å². The molecule has 0 unspecified atom stereocenters. The molecule has 134 valence electrons. The number of anilines is 1. The number of benzene rings is 1. The smallest absolute Gasteiger partial charge is 0.274 e. The Hall–Kier alpha value is -2.96. The van der Waals surface area contributed by atoms with Crippen molar-refractivity contribution < 1.29 is 4.79 Å². The molecule has 0 bridgehead atoms. The third-order valence-electron chi connectivity index (χ3n) is 4.89. The third-order valence-corrected chi connectivity index (χ3v) is 4.89. The third kappa shape index (κ3) is 2.89. The van der Waals surface area contributed by atoms with Crippen molar-refractivity contribution in [3.05, 3.63) is 48.0 Å². The number of aromatic nitrogens is 4. The molecule has 1 aromatic carbocycles. The molecule has 0 saturated carbocycles. The van der Waals surface area contributed by atoms with Crippen molar-refractivity contribution in [2.45, 2.75) is 20.4 Å². The molecule has 1 fully saturated rings. The summed E-state index contributed by atoms with van der Waals surface area (Å²) >= 11 is 0. The summed E-state index contributed by atoms with van der Waals surface area (Å²) in [6, 6.07) is 9.89. The van der Waals surface area contributed by atoms with Gasteiger partial charge in [-0.1, -0.05) is 12.1 Å². The van der Waals surface area contributed by atoms with Crippen LogP contribution in [0.2, 0.25) is 0 Å². The lowest BCUT2D eigenvalue weighted by Crippen LogP contribution is -2.49. The maximum Gasteiger partial charge on any atom is 0.274 e. The van der Waals surface area contributed by atoms with Gasteiger partial charge in [0.1, 0.15) is 12.1 Å². The largest absolute Gasteiger partial charge is 0.352 e. The Labute approximate surface area is 152 Å². The highest BCUT2D eigenvalue weighted by atomic mass is 16.2. The number of carbonyl (C=O) groups is 1. The number of hydrogen-bond acceptors (Lipinski definition) is 5. The lowest BCUT2D eigenvalue weighted by molar-refractivity contribution is 0.0739. The first-order valence-electron chi connectivity index (χ1n) is 8.96. The van der Waals surface area contributed by atoms with Gasteiger partial charge in [-0.15, -0.1) is 0 Å². The van der Waals surface area contributed by atoms with E-state index in [1.807, 2.05) is 53.8 Å². The number of piperazine rings is 1. The van der Waals surface area contributed by atoms with Crippen molar-refractivity contribution in [2.75, 3.05) is 31.1 Å². The van der Waals surface area contributed by atoms with Gasteiger partial charge in [-0.25, -0.2) is 9.97 Å². The second-order valence-corrected chi connectivity index (χ2v) is 6.48. The topological polar surface area (TPSA) is 67.2 Å². The van der Waals surface area contributed by atoms with E-state index in [4.69, 9.17) is 0 Å². The predicted molar refractivity (Wildman–Crippen MR) is 100 cm³/mol. The van der Waals surface area contributed by atoms with E-state index in [1.165, 1.54) is 0 Å². The molecule has 0 aliphatic carbocycles. The molecule has 0 N–H and O–H groups in total. The molecular formula is C19H22N6O. The van der Waals surface area contributed by atoms with E-state index in [0.29, 0.717) is 18.8 Å². The molecule has 2 aromatic heterocycles. The van der Waals surface area contributed by atoms with Gasteiger partial charge in [0.2, 0.25) is 0 Å². The van der Waals surface area contributed by atoms with Crippen molar-refractivity contribution in [3.63, 3.8) is 0 Å². The van der Waals surface area contributed by atoms with E-state index in [0.717, 1.165) is 42.0 Å². The maximum absolute atomic E-state index is 12.7. The number of nitrogens with zero attached hydrogens (tertiary/aromatic N) is 6. The van der Waals surface area contributed by atoms with Gasteiger partial charge in [-0.05, 0) is 32.0 Å². The van der Waals surface area contributed by atoms with Gasteiger partial charge >= 0.3 is 0 Å². The summed E-state index contributed by atoms with van der Waals surface area (Å²) in [4.78, 5) is 25.7. The van der Waals surface area contributed by atoms with Gasteiger partial charge in [0.25, 0.3) is 5.91 Å². The van der Waals surface area contributed by atoms with Crippen LogP contribution in [0, 0.1) is 6.92 Å². The van der Waals surface area contributed by atoms with Gasteiger partial charge in [0.15, 0.2) is 5.69 Å². The molecule has 3 heterocycles. The Kier molecular flexibility index (Phi) is 4.28. The van der Waals surface area contributed by atoms with E-state index >= 15 is 0 Å². The molecule has 1 saturated heterocycles. The van der Waals surface area contributed by atoms with Crippen LogP contribution in [-0.2, 0) is 6.54 Å². The van der Waals surface area contributed by atoms with Crippen LogP contribution in [-0.4, -0.2) is 56.7 Å². The molecule has 1 amide bonds. The number of amides is 1. The number of hydrogen-bond donors (Lipinski definition) is 0. The number of fused-ring (bicyclic) bond motifs is 1. The zero-order chi connectivity index (χ0) is 18.1. The van der Waals surface area contributed by atoms with Crippen LogP contribution in [0.5, 0.6) is 0 Å². The average molecular weight is 350 g/mol.